The molecule has 2 unspecified atom stereocenters. The summed E-state index contributed by atoms with van der Waals surface area (Å²) in [7, 11) is 0. The molecule has 262 valence electrons. The molecule has 0 aromatic heterocycles. The molecular formula is C53H50. The minimum atomic E-state index is 0.330. The molecule has 6 aromatic rings. The highest BCUT2D eigenvalue weighted by atomic mass is 14.3. The molecule has 0 saturated carbocycles. The van der Waals surface area contributed by atoms with Crippen LogP contribution in [0, 0.1) is 18.8 Å². The van der Waals surface area contributed by atoms with Crippen LogP contribution in [0.3, 0.4) is 0 Å². The largest absolute Gasteiger partial charge is 0.0809 e. The number of hydrogen-bond donors (Lipinski definition) is 0. The van der Waals surface area contributed by atoms with Gasteiger partial charge in [0.25, 0.3) is 0 Å². The summed E-state index contributed by atoms with van der Waals surface area (Å²) >= 11 is 0. The Kier molecular flexibility index (Phi) is 10.5. The molecule has 2 aliphatic carbocycles. The molecule has 0 amide bonds. The highest BCUT2D eigenvalue weighted by molar-refractivity contribution is 5.80. The van der Waals surface area contributed by atoms with Gasteiger partial charge in [-0.05, 0) is 124 Å². The van der Waals surface area contributed by atoms with Gasteiger partial charge in [-0.2, -0.15) is 0 Å². The zero-order chi connectivity index (χ0) is 36.0. The lowest BCUT2D eigenvalue weighted by molar-refractivity contribution is 0.419. The maximum atomic E-state index is 2.67. The molecule has 53 heavy (non-hydrogen) atoms. The molecule has 2 atom stereocenters. The van der Waals surface area contributed by atoms with E-state index in [1.807, 2.05) is 0 Å². The lowest BCUT2D eigenvalue weighted by atomic mass is 9.78. The molecule has 0 nitrogen and oxygen atoms in total. The Hall–Kier alpha value is -5.46. The summed E-state index contributed by atoms with van der Waals surface area (Å²) in [5.74, 6) is 1.16. The average Bonchev–Trinajstić information content (AvgIpc) is 3.85. The first-order valence-corrected chi connectivity index (χ1v) is 19.5. The van der Waals surface area contributed by atoms with Gasteiger partial charge in [0, 0.05) is 5.92 Å². The van der Waals surface area contributed by atoms with E-state index in [-0.39, 0.29) is 0 Å². The first kappa shape index (κ1) is 34.6. The SMILES string of the molecule is Cc1cc2c(cc1Cc1ccccc1)-c1ccc(C3C=CC=C3)c(CC(C)C(C=C(Cc3ccccc3)Cc3ccccc3)Cc3ccccc3)c1C2. The van der Waals surface area contributed by atoms with Gasteiger partial charge in [-0.3, -0.25) is 0 Å². The first-order chi connectivity index (χ1) is 26.1. The fraction of sp³-hybridized carbons (Fsp3) is 0.208. The van der Waals surface area contributed by atoms with Gasteiger partial charge in [-0.1, -0.05) is 188 Å². The third-order valence-corrected chi connectivity index (χ3v) is 11.6. The van der Waals surface area contributed by atoms with Gasteiger partial charge >= 0.3 is 0 Å². The maximum absolute atomic E-state index is 2.67. The molecule has 2 aliphatic rings. The second kappa shape index (κ2) is 16.1. The summed E-state index contributed by atoms with van der Waals surface area (Å²) in [6.07, 6.45) is 17.9. The predicted octanol–water partition coefficient (Wildman–Crippen LogP) is 12.8. The van der Waals surface area contributed by atoms with Crippen LogP contribution >= 0.6 is 0 Å². The van der Waals surface area contributed by atoms with Gasteiger partial charge < -0.3 is 0 Å². The number of hydrogen-bond acceptors (Lipinski definition) is 0. The van der Waals surface area contributed by atoms with E-state index in [1.54, 1.807) is 11.1 Å². The number of benzene rings is 6. The molecule has 6 aromatic carbocycles. The van der Waals surface area contributed by atoms with E-state index in [0.29, 0.717) is 17.8 Å². The fourth-order valence-electron chi connectivity index (χ4n) is 8.75. The molecule has 0 aliphatic heterocycles. The lowest BCUT2D eigenvalue weighted by Gasteiger charge is -2.27. The highest BCUT2D eigenvalue weighted by Crippen LogP contribution is 2.44. The normalized spacial score (nSPS) is 14.2. The minimum absolute atomic E-state index is 0.330. The number of aryl methyl sites for hydroxylation is 1. The number of allylic oxidation sites excluding steroid dienone is 6. The van der Waals surface area contributed by atoms with Crippen LogP contribution < -0.4 is 0 Å². The van der Waals surface area contributed by atoms with Gasteiger partial charge in [0.2, 0.25) is 0 Å². The van der Waals surface area contributed by atoms with Gasteiger partial charge in [0.1, 0.15) is 0 Å². The van der Waals surface area contributed by atoms with Crippen molar-refractivity contribution in [3.63, 3.8) is 0 Å². The van der Waals surface area contributed by atoms with Crippen LogP contribution in [0.2, 0.25) is 0 Å². The predicted molar refractivity (Wildman–Crippen MR) is 225 cm³/mol. The molecule has 0 heteroatoms. The molecule has 8 rings (SSSR count). The van der Waals surface area contributed by atoms with Crippen LogP contribution in [0.15, 0.2) is 182 Å². The second-order valence-electron chi connectivity index (χ2n) is 15.4. The first-order valence-electron chi connectivity index (χ1n) is 19.5. The van der Waals surface area contributed by atoms with E-state index in [0.717, 1.165) is 38.5 Å². The molecule has 0 heterocycles. The van der Waals surface area contributed by atoms with Crippen molar-refractivity contribution in [1.82, 2.24) is 0 Å². The van der Waals surface area contributed by atoms with Crippen molar-refractivity contribution in [2.45, 2.75) is 58.3 Å². The van der Waals surface area contributed by atoms with Crippen molar-refractivity contribution >= 4 is 0 Å². The standard InChI is InChI=1S/C53H50/c1-38-29-48-37-53-50(51(48)36-47(38)34-43-23-13-6-14-24-43)28-27-49(45-25-15-16-26-45)52(53)30-39(2)46(33-42-21-11-5-12-22-42)35-44(31-40-17-7-3-8-18-40)32-41-19-9-4-10-20-41/h3-29,35-36,39,45-46H,30-34,37H2,1-2H3. The fourth-order valence-corrected chi connectivity index (χ4v) is 8.75. The summed E-state index contributed by atoms with van der Waals surface area (Å²) in [5.41, 5.74) is 18.8. The van der Waals surface area contributed by atoms with Crippen LogP contribution in [-0.4, -0.2) is 0 Å². The smallest absolute Gasteiger partial charge is 0.0207 e. The summed E-state index contributed by atoms with van der Waals surface area (Å²) in [6, 6.07) is 54.0. The van der Waals surface area contributed by atoms with E-state index in [2.05, 4.69) is 190 Å². The number of rotatable bonds is 13. The minimum Gasteiger partial charge on any atom is -0.0809 e. The zero-order valence-electron chi connectivity index (χ0n) is 31.2. The molecule has 0 saturated heterocycles. The van der Waals surface area contributed by atoms with Crippen molar-refractivity contribution in [2.24, 2.45) is 11.8 Å². The third kappa shape index (κ3) is 8.13. The third-order valence-electron chi connectivity index (χ3n) is 11.6. The highest BCUT2D eigenvalue weighted by Gasteiger charge is 2.28. The molecule has 0 N–H and O–H groups in total. The zero-order valence-corrected chi connectivity index (χ0v) is 31.2. The van der Waals surface area contributed by atoms with E-state index in [1.165, 1.54) is 61.2 Å². The van der Waals surface area contributed by atoms with Gasteiger partial charge in [-0.15, -0.1) is 0 Å². The van der Waals surface area contributed by atoms with E-state index in [9.17, 15) is 0 Å². The Morgan fingerprint density at radius 1 is 0.623 bits per heavy atom. The average molecular weight is 687 g/mol. The topological polar surface area (TPSA) is 0 Å². The summed E-state index contributed by atoms with van der Waals surface area (Å²) in [6.45, 7) is 4.81. The van der Waals surface area contributed by atoms with Gasteiger partial charge in [0.15, 0.2) is 0 Å². The quantitative estimate of drug-likeness (QED) is 0.106. The Balaban J connectivity index is 1.18. The van der Waals surface area contributed by atoms with Crippen LogP contribution in [0.1, 0.15) is 68.5 Å². The Labute approximate surface area is 317 Å². The molecular weight excluding hydrogens is 637 g/mol. The monoisotopic (exact) mass is 686 g/mol. The molecule has 0 radical (unpaired) electrons. The molecule has 0 fully saturated rings. The Bertz CT molecular complexity index is 2180. The van der Waals surface area contributed by atoms with Gasteiger partial charge in [-0.25, -0.2) is 0 Å². The van der Waals surface area contributed by atoms with E-state index in [4.69, 9.17) is 0 Å². The van der Waals surface area contributed by atoms with Crippen LogP contribution in [0.4, 0.5) is 0 Å². The van der Waals surface area contributed by atoms with Crippen molar-refractivity contribution in [1.29, 1.82) is 0 Å². The number of fused-ring (bicyclic) bond motifs is 3. The summed E-state index contributed by atoms with van der Waals surface area (Å²) in [4.78, 5) is 0. The summed E-state index contributed by atoms with van der Waals surface area (Å²) < 4.78 is 0. The molecule has 0 bridgehead atoms. The summed E-state index contributed by atoms with van der Waals surface area (Å²) in [5, 5.41) is 0. The Morgan fingerprint density at radius 3 is 1.79 bits per heavy atom. The second-order valence-corrected chi connectivity index (χ2v) is 15.4. The Morgan fingerprint density at radius 2 is 1.19 bits per heavy atom. The van der Waals surface area contributed by atoms with Crippen LogP contribution in [-0.2, 0) is 38.5 Å². The lowest BCUT2D eigenvalue weighted by Crippen LogP contribution is -2.18. The van der Waals surface area contributed by atoms with Gasteiger partial charge in [0.05, 0.1) is 0 Å². The van der Waals surface area contributed by atoms with Crippen molar-refractivity contribution in [3.05, 3.63) is 237 Å². The van der Waals surface area contributed by atoms with Crippen molar-refractivity contribution in [2.75, 3.05) is 0 Å². The van der Waals surface area contributed by atoms with Crippen molar-refractivity contribution < 1.29 is 0 Å². The molecule has 0 spiro atoms. The van der Waals surface area contributed by atoms with E-state index < -0.39 is 0 Å². The van der Waals surface area contributed by atoms with Crippen LogP contribution in [0.5, 0.6) is 0 Å². The maximum Gasteiger partial charge on any atom is 0.0207 e. The van der Waals surface area contributed by atoms with Crippen LogP contribution in [0.25, 0.3) is 11.1 Å². The van der Waals surface area contributed by atoms with E-state index >= 15 is 0 Å². The van der Waals surface area contributed by atoms with Crippen molar-refractivity contribution in [3.8, 4) is 11.1 Å².